The molecule has 1 aromatic carbocycles. The number of rotatable bonds is 7. The third kappa shape index (κ3) is 4.81. The van der Waals surface area contributed by atoms with Gasteiger partial charge in [0, 0.05) is 5.56 Å². The molecule has 5 nitrogen and oxygen atoms in total. The highest BCUT2D eigenvalue weighted by Crippen LogP contribution is 2.37. The molecule has 0 unspecified atom stereocenters. The Morgan fingerprint density at radius 2 is 1.28 bits per heavy atom. The minimum absolute atomic E-state index is 0.0950. The maximum atomic E-state index is 13.6. The molecule has 1 heterocycles. The van der Waals surface area contributed by atoms with Crippen molar-refractivity contribution in [3.05, 3.63) is 52.6 Å². The summed E-state index contributed by atoms with van der Waals surface area (Å²) in [5.41, 5.74) is 2.44. The van der Waals surface area contributed by atoms with Crippen molar-refractivity contribution in [3.63, 3.8) is 0 Å². The first-order valence-corrected chi connectivity index (χ1v) is 9.90. The molecule has 1 aromatic heterocycles. The highest BCUT2D eigenvalue weighted by atomic mass is 19.1. The fraction of sp³-hybridized carbons (Fsp3) is 0.435. The second-order valence-electron chi connectivity index (χ2n) is 7.26. The Labute approximate surface area is 171 Å². The summed E-state index contributed by atoms with van der Waals surface area (Å²) in [6, 6.07) is 5.68. The van der Waals surface area contributed by atoms with Crippen molar-refractivity contribution in [3.8, 4) is 11.1 Å². The van der Waals surface area contributed by atoms with Crippen molar-refractivity contribution in [2.24, 2.45) is 0 Å². The Balaban J connectivity index is 3.03. The largest absolute Gasteiger partial charge is 0.462 e. The summed E-state index contributed by atoms with van der Waals surface area (Å²) in [6.45, 7) is 11.5. The smallest absolute Gasteiger partial charge is 0.340 e. The minimum atomic E-state index is -0.566. The molecule has 0 N–H and O–H groups in total. The number of carbonyl (C=O) groups is 2. The van der Waals surface area contributed by atoms with Gasteiger partial charge >= 0.3 is 11.9 Å². The average Bonchev–Trinajstić information content (AvgIpc) is 2.67. The fourth-order valence-corrected chi connectivity index (χ4v) is 3.18. The van der Waals surface area contributed by atoms with E-state index in [1.54, 1.807) is 26.0 Å². The molecule has 0 saturated heterocycles. The van der Waals surface area contributed by atoms with E-state index in [0.717, 1.165) is 0 Å². The van der Waals surface area contributed by atoms with E-state index in [2.05, 4.69) is 0 Å². The van der Waals surface area contributed by atoms with Crippen LogP contribution < -0.4 is 0 Å². The van der Waals surface area contributed by atoms with E-state index in [9.17, 15) is 14.0 Å². The number of hydrogen-bond donors (Lipinski definition) is 0. The lowest BCUT2D eigenvalue weighted by Crippen LogP contribution is -2.21. The highest BCUT2D eigenvalue weighted by Gasteiger charge is 2.32. The minimum Gasteiger partial charge on any atom is -0.462 e. The van der Waals surface area contributed by atoms with Gasteiger partial charge in [-0.15, -0.1) is 0 Å². The van der Waals surface area contributed by atoms with Crippen LogP contribution in [0.15, 0.2) is 24.3 Å². The first-order valence-electron chi connectivity index (χ1n) is 9.90. The van der Waals surface area contributed by atoms with Gasteiger partial charge in [0.05, 0.1) is 35.7 Å². The number of esters is 2. The zero-order chi connectivity index (χ0) is 21.7. The van der Waals surface area contributed by atoms with E-state index in [1.807, 2.05) is 27.7 Å². The molecule has 0 fully saturated rings. The number of aromatic nitrogens is 1. The quantitative estimate of drug-likeness (QED) is 0.574. The summed E-state index contributed by atoms with van der Waals surface area (Å²) in [6.07, 6.45) is 0. The van der Waals surface area contributed by atoms with Gasteiger partial charge in [-0.05, 0) is 43.4 Å². The Bertz CT molecular complexity index is 840. The average molecular weight is 401 g/mol. The predicted octanol–water partition coefficient (Wildman–Crippen LogP) is 5.49. The van der Waals surface area contributed by atoms with E-state index < -0.39 is 17.8 Å². The Morgan fingerprint density at radius 3 is 1.62 bits per heavy atom. The zero-order valence-corrected chi connectivity index (χ0v) is 17.8. The van der Waals surface area contributed by atoms with Gasteiger partial charge in [0.1, 0.15) is 5.82 Å². The maximum Gasteiger partial charge on any atom is 0.340 e. The van der Waals surface area contributed by atoms with Gasteiger partial charge < -0.3 is 9.47 Å². The van der Waals surface area contributed by atoms with Crippen LogP contribution in [-0.4, -0.2) is 30.1 Å². The Morgan fingerprint density at radius 1 is 0.862 bits per heavy atom. The summed E-state index contributed by atoms with van der Waals surface area (Å²) in [7, 11) is 0. The molecule has 0 bridgehead atoms. The van der Waals surface area contributed by atoms with Gasteiger partial charge in [-0.3, -0.25) is 4.98 Å². The molecule has 156 valence electrons. The fourth-order valence-electron chi connectivity index (χ4n) is 3.18. The van der Waals surface area contributed by atoms with Crippen molar-refractivity contribution in [1.82, 2.24) is 4.98 Å². The first kappa shape index (κ1) is 22.5. The van der Waals surface area contributed by atoms with Crippen LogP contribution in [0.25, 0.3) is 11.1 Å². The SMILES string of the molecule is CCOC(=O)c1c(C(C)C)nc(C(C)C)c(C(=O)OCC)c1-c1ccc(F)cc1. The van der Waals surface area contributed by atoms with Crippen LogP contribution in [0, 0.1) is 5.82 Å². The van der Waals surface area contributed by atoms with E-state index in [4.69, 9.17) is 14.5 Å². The molecule has 0 amide bonds. The van der Waals surface area contributed by atoms with Gasteiger partial charge in [-0.2, -0.15) is 0 Å². The molecule has 2 rings (SSSR count). The van der Waals surface area contributed by atoms with Gasteiger partial charge in [-0.25, -0.2) is 14.0 Å². The molecule has 0 aliphatic carbocycles. The lowest BCUT2D eigenvalue weighted by molar-refractivity contribution is 0.0523. The van der Waals surface area contributed by atoms with Crippen LogP contribution in [-0.2, 0) is 9.47 Å². The summed E-state index contributed by atoms with van der Waals surface area (Å²) in [5, 5.41) is 0. The van der Waals surface area contributed by atoms with Crippen LogP contribution in [0.3, 0.4) is 0 Å². The number of pyridine rings is 1. The molecular weight excluding hydrogens is 373 g/mol. The molecule has 29 heavy (non-hydrogen) atoms. The second kappa shape index (κ2) is 9.63. The van der Waals surface area contributed by atoms with E-state index in [1.165, 1.54) is 12.1 Å². The van der Waals surface area contributed by atoms with E-state index in [0.29, 0.717) is 22.5 Å². The molecular formula is C23H28FNO4. The zero-order valence-electron chi connectivity index (χ0n) is 17.8. The van der Waals surface area contributed by atoms with Crippen LogP contribution in [0.5, 0.6) is 0 Å². The van der Waals surface area contributed by atoms with Crippen molar-refractivity contribution in [1.29, 1.82) is 0 Å². The van der Waals surface area contributed by atoms with Crippen LogP contribution in [0.2, 0.25) is 0 Å². The van der Waals surface area contributed by atoms with Crippen molar-refractivity contribution in [2.75, 3.05) is 13.2 Å². The maximum absolute atomic E-state index is 13.6. The number of benzene rings is 1. The molecule has 0 atom stereocenters. The third-order valence-corrected chi connectivity index (χ3v) is 4.44. The Kier molecular flexibility index (Phi) is 7.48. The number of hydrogen-bond acceptors (Lipinski definition) is 5. The van der Waals surface area contributed by atoms with Gasteiger partial charge in [-0.1, -0.05) is 39.8 Å². The predicted molar refractivity (Wildman–Crippen MR) is 110 cm³/mol. The molecule has 2 aromatic rings. The molecule has 0 aliphatic heterocycles. The summed E-state index contributed by atoms with van der Waals surface area (Å²) >= 11 is 0. The normalized spacial score (nSPS) is 11.1. The van der Waals surface area contributed by atoms with Gasteiger partial charge in [0.2, 0.25) is 0 Å². The molecule has 0 spiro atoms. The van der Waals surface area contributed by atoms with Crippen LogP contribution in [0.1, 0.15) is 85.5 Å². The van der Waals surface area contributed by atoms with Crippen molar-refractivity contribution >= 4 is 11.9 Å². The summed E-state index contributed by atoms with van der Waals surface area (Å²) in [5.74, 6) is -1.73. The van der Waals surface area contributed by atoms with Gasteiger partial charge in [0.25, 0.3) is 0 Å². The molecule has 6 heteroatoms. The lowest BCUT2D eigenvalue weighted by Gasteiger charge is -2.23. The van der Waals surface area contributed by atoms with Crippen molar-refractivity contribution < 1.29 is 23.5 Å². The molecule has 0 aliphatic rings. The second-order valence-corrected chi connectivity index (χ2v) is 7.26. The molecule has 0 saturated carbocycles. The highest BCUT2D eigenvalue weighted by molar-refractivity contribution is 6.07. The van der Waals surface area contributed by atoms with Crippen molar-refractivity contribution in [2.45, 2.75) is 53.4 Å². The standard InChI is InChI=1S/C23H28FNO4/c1-7-28-22(26)18-17(15-9-11-16(24)12-10-15)19(23(27)29-8-2)21(14(5)6)25-20(18)13(3)4/h9-14H,7-8H2,1-6H3. The van der Waals surface area contributed by atoms with E-state index in [-0.39, 0.29) is 36.2 Å². The summed E-state index contributed by atoms with van der Waals surface area (Å²) < 4.78 is 24.2. The van der Waals surface area contributed by atoms with Crippen LogP contribution in [0.4, 0.5) is 4.39 Å². The topological polar surface area (TPSA) is 65.5 Å². The number of carbonyl (C=O) groups excluding carboxylic acids is 2. The van der Waals surface area contributed by atoms with Gasteiger partial charge in [0.15, 0.2) is 0 Å². The third-order valence-electron chi connectivity index (χ3n) is 4.44. The van der Waals surface area contributed by atoms with E-state index >= 15 is 0 Å². The number of nitrogens with zero attached hydrogens (tertiary/aromatic N) is 1. The number of halogens is 1. The first-order chi connectivity index (χ1) is 13.7. The van der Waals surface area contributed by atoms with Crippen LogP contribution >= 0.6 is 0 Å². The summed E-state index contributed by atoms with van der Waals surface area (Å²) in [4.78, 5) is 30.6. The monoisotopic (exact) mass is 401 g/mol. The number of ether oxygens (including phenoxy) is 2. The molecule has 0 radical (unpaired) electrons. The Hall–Kier alpha value is -2.76. The lowest BCUT2D eigenvalue weighted by atomic mass is 9.87.